The highest BCUT2D eigenvalue weighted by atomic mass is 32.1. The maximum atomic E-state index is 14.1. The van der Waals surface area contributed by atoms with Crippen LogP contribution >= 0.6 is 11.3 Å². The minimum Gasteiger partial charge on any atom is -0.389 e. The van der Waals surface area contributed by atoms with E-state index in [4.69, 9.17) is 0 Å². The fourth-order valence-corrected chi connectivity index (χ4v) is 5.70. The summed E-state index contributed by atoms with van der Waals surface area (Å²) in [5.41, 5.74) is -2.72. The molecule has 0 radical (unpaired) electrons. The molecule has 0 spiro atoms. The Kier molecular flexibility index (Phi) is 7.43. The number of likely N-dealkylation sites (tertiary alicyclic amines) is 1. The Labute approximate surface area is 226 Å². The van der Waals surface area contributed by atoms with Gasteiger partial charge in [-0.25, -0.2) is 18.7 Å². The number of nitrogens with zero attached hydrogens (tertiary/aromatic N) is 3. The maximum absolute atomic E-state index is 14.1. The zero-order valence-corrected chi connectivity index (χ0v) is 22.7. The second-order valence-electron chi connectivity index (χ2n) is 11.0. The number of thiazole rings is 1. The lowest BCUT2D eigenvalue weighted by Crippen LogP contribution is -2.57. The smallest absolute Gasteiger partial charge is 0.389 e. The average molecular weight is 576 g/mol. The van der Waals surface area contributed by atoms with Crippen LogP contribution in [0.4, 0.5) is 27.8 Å². The predicted octanol–water partition coefficient (Wildman–Crippen LogP) is 4.78. The Hall–Kier alpha value is -2.87. The number of aryl methyl sites for hydroxylation is 1. The number of alkyl halides is 5. The van der Waals surface area contributed by atoms with Crippen molar-refractivity contribution in [2.24, 2.45) is 0 Å². The van der Waals surface area contributed by atoms with E-state index in [9.17, 15) is 36.6 Å². The van der Waals surface area contributed by atoms with Crippen LogP contribution in [0.5, 0.6) is 0 Å². The first-order chi connectivity index (χ1) is 17.9. The Morgan fingerprint density at radius 1 is 1.26 bits per heavy atom. The summed E-state index contributed by atoms with van der Waals surface area (Å²) in [5.74, 6) is -4.54. The number of pyridine rings is 1. The predicted molar refractivity (Wildman–Crippen MR) is 135 cm³/mol. The molecule has 0 bridgehead atoms. The van der Waals surface area contributed by atoms with Crippen LogP contribution in [0.1, 0.15) is 72.3 Å². The summed E-state index contributed by atoms with van der Waals surface area (Å²) in [4.78, 5) is 35.7. The Morgan fingerprint density at radius 3 is 2.41 bits per heavy atom. The van der Waals surface area contributed by atoms with Crippen molar-refractivity contribution in [2.75, 3.05) is 18.4 Å². The molecule has 14 heteroatoms. The molecule has 0 aromatic carbocycles. The summed E-state index contributed by atoms with van der Waals surface area (Å²) >= 11 is 0.832. The Balaban J connectivity index is 1.70. The van der Waals surface area contributed by atoms with Crippen LogP contribution in [0.3, 0.4) is 0 Å². The highest BCUT2D eigenvalue weighted by Gasteiger charge is 2.58. The Bertz CT molecular complexity index is 1270. The molecule has 2 amide bonds. The van der Waals surface area contributed by atoms with Gasteiger partial charge in [-0.2, -0.15) is 13.2 Å². The van der Waals surface area contributed by atoms with Gasteiger partial charge < -0.3 is 20.6 Å². The van der Waals surface area contributed by atoms with Gasteiger partial charge in [-0.05, 0) is 58.6 Å². The summed E-state index contributed by atoms with van der Waals surface area (Å²) < 4.78 is 69.0. The van der Waals surface area contributed by atoms with E-state index in [-0.39, 0.29) is 40.8 Å². The van der Waals surface area contributed by atoms with Crippen molar-refractivity contribution in [2.45, 2.75) is 82.7 Å². The number of nitrogens with one attached hydrogen (secondary N) is 2. The third-order valence-electron chi connectivity index (χ3n) is 6.97. The highest BCUT2D eigenvalue weighted by molar-refractivity contribution is 7.17. The van der Waals surface area contributed by atoms with Crippen LogP contribution in [0.15, 0.2) is 12.3 Å². The first-order valence-electron chi connectivity index (χ1n) is 12.4. The van der Waals surface area contributed by atoms with Crippen LogP contribution in [-0.4, -0.2) is 74.2 Å². The molecule has 1 aliphatic heterocycles. The summed E-state index contributed by atoms with van der Waals surface area (Å²) in [6, 6.07) is 0.636. The number of amides is 2. The van der Waals surface area contributed by atoms with Gasteiger partial charge in [0, 0.05) is 30.8 Å². The molecule has 2 aromatic heterocycles. The molecule has 3 N–H and O–H groups in total. The second kappa shape index (κ2) is 9.95. The van der Waals surface area contributed by atoms with Gasteiger partial charge >= 0.3 is 6.18 Å². The van der Waals surface area contributed by atoms with Gasteiger partial charge in [-0.15, -0.1) is 11.3 Å². The molecule has 3 heterocycles. The van der Waals surface area contributed by atoms with E-state index in [1.165, 1.54) is 33.0 Å². The number of halogens is 5. The van der Waals surface area contributed by atoms with Crippen LogP contribution in [0.25, 0.3) is 10.4 Å². The van der Waals surface area contributed by atoms with E-state index in [0.717, 1.165) is 16.2 Å². The standard InChI is InChI=1S/C25H30F5N5O3S/c1-13-8-16(34-23(6-5-7-23)25(28,29)30)31-10-15(13)18-17(21(37)35-12-24(26,27)9-14(35)2)33-20(39-18)19(36)32-11-22(3,4)38/h8,10,14,38H,5-7,9,11-12H2,1-4H3,(H,31,34)(H,32,36)/t14-/m0/s1. The van der Waals surface area contributed by atoms with Crippen molar-refractivity contribution in [3.05, 3.63) is 28.5 Å². The summed E-state index contributed by atoms with van der Waals surface area (Å²) in [6.45, 7) is 5.16. The molecule has 1 saturated carbocycles. The van der Waals surface area contributed by atoms with Gasteiger partial charge in [0.25, 0.3) is 17.7 Å². The van der Waals surface area contributed by atoms with Gasteiger partial charge in [-0.3, -0.25) is 9.59 Å². The minimum atomic E-state index is -4.46. The van der Waals surface area contributed by atoms with Crippen LogP contribution in [-0.2, 0) is 0 Å². The molecule has 8 nitrogen and oxygen atoms in total. The molecule has 2 fully saturated rings. The SMILES string of the molecule is Cc1cc(NC2(C(F)(F)F)CCC2)ncc1-c1sc(C(=O)NCC(C)(C)O)nc1C(=O)N1CC(F)(F)C[C@@H]1C. The number of carbonyl (C=O) groups excluding carboxylic acids is 2. The molecular weight excluding hydrogens is 545 g/mol. The zero-order chi connectivity index (χ0) is 29.0. The lowest BCUT2D eigenvalue weighted by Gasteiger charge is -2.44. The molecule has 39 heavy (non-hydrogen) atoms. The quantitative estimate of drug-likeness (QED) is 0.411. The molecular formula is C25H30F5N5O3S. The molecule has 0 unspecified atom stereocenters. The largest absolute Gasteiger partial charge is 0.411 e. The van der Waals surface area contributed by atoms with Crippen molar-refractivity contribution in [1.82, 2.24) is 20.2 Å². The molecule has 2 aromatic rings. The van der Waals surface area contributed by atoms with Crippen molar-refractivity contribution in [3.8, 4) is 10.4 Å². The number of rotatable bonds is 7. The lowest BCUT2D eigenvalue weighted by molar-refractivity contribution is -0.198. The van der Waals surface area contributed by atoms with E-state index in [1.54, 1.807) is 6.92 Å². The van der Waals surface area contributed by atoms with Crippen molar-refractivity contribution in [3.63, 3.8) is 0 Å². The summed E-state index contributed by atoms with van der Waals surface area (Å²) in [7, 11) is 0. The first-order valence-corrected chi connectivity index (χ1v) is 13.3. The van der Waals surface area contributed by atoms with Gasteiger partial charge in [0.05, 0.1) is 17.0 Å². The van der Waals surface area contributed by atoms with Gasteiger partial charge in [0.2, 0.25) is 0 Å². The van der Waals surface area contributed by atoms with Crippen LogP contribution in [0, 0.1) is 6.92 Å². The molecule has 1 saturated heterocycles. The third-order valence-corrected chi connectivity index (χ3v) is 8.05. The molecule has 4 rings (SSSR count). The first kappa shape index (κ1) is 29.1. The van der Waals surface area contributed by atoms with E-state index in [0.29, 0.717) is 17.5 Å². The number of aromatic nitrogens is 2. The zero-order valence-electron chi connectivity index (χ0n) is 21.9. The van der Waals surface area contributed by atoms with E-state index in [2.05, 4.69) is 20.6 Å². The van der Waals surface area contributed by atoms with E-state index >= 15 is 0 Å². The van der Waals surface area contributed by atoms with Crippen LogP contribution in [0.2, 0.25) is 0 Å². The average Bonchev–Trinajstić information content (AvgIpc) is 3.33. The van der Waals surface area contributed by atoms with Gasteiger partial charge in [0.1, 0.15) is 17.1 Å². The molecule has 2 aliphatic rings. The number of hydrogen-bond donors (Lipinski definition) is 3. The fourth-order valence-electron chi connectivity index (χ4n) is 4.65. The van der Waals surface area contributed by atoms with Crippen LogP contribution < -0.4 is 10.6 Å². The third kappa shape index (κ3) is 6.01. The number of carbonyl (C=O) groups is 2. The molecule has 214 valence electrons. The summed E-state index contributed by atoms with van der Waals surface area (Å²) in [5, 5.41) is 14.8. The van der Waals surface area contributed by atoms with Crippen molar-refractivity contribution >= 4 is 29.0 Å². The Morgan fingerprint density at radius 2 is 1.92 bits per heavy atom. The van der Waals surface area contributed by atoms with E-state index in [1.807, 2.05) is 0 Å². The topological polar surface area (TPSA) is 107 Å². The number of aliphatic hydroxyl groups is 1. The monoisotopic (exact) mass is 575 g/mol. The molecule has 1 aliphatic carbocycles. The highest BCUT2D eigenvalue weighted by Crippen LogP contribution is 2.47. The second-order valence-corrected chi connectivity index (χ2v) is 12.0. The fraction of sp³-hybridized carbons (Fsp3) is 0.600. The molecule has 1 atom stereocenters. The van der Waals surface area contributed by atoms with E-state index < -0.39 is 54.1 Å². The van der Waals surface area contributed by atoms with Gasteiger partial charge in [-0.1, -0.05) is 0 Å². The van der Waals surface area contributed by atoms with Crippen molar-refractivity contribution in [1.29, 1.82) is 0 Å². The summed E-state index contributed by atoms with van der Waals surface area (Å²) in [6.07, 6.45) is -3.41. The number of hydrogen-bond acceptors (Lipinski definition) is 7. The van der Waals surface area contributed by atoms with Crippen molar-refractivity contribution < 1.29 is 36.6 Å². The van der Waals surface area contributed by atoms with Gasteiger partial charge in [0.15, 0.2) is 5.01 Å². The maximum Gasteiger partial charge on any atom is 0.411 e. The normalized spacial score (nSPS) is 20.5. The minimum absolute atomic E-state index is 0.00150. The number of anilines is 1. The lowest BCUT2D eigenvalue weighted by atomic mass is 9.76.